The Balaban J connectivity index is 1.48. The van der Waals surface area contributed by atoms with Crippen LogP contribution in [0.2, 0.25) is 0 Å². The van der Waals surface area contributed by atoms with Crippen molar-refractivity contribution >= 4 is 28.7 Å². The first-order valence-electron chi connectivity index (χ1n) is 9.38. The number of hydrogen-bond donors (Lipinski definition) is 3. The van der Waals surface area contributed by atoms with Gasteiger partial charge in [-0.2, -0.15) is 5.10 Å². The van der Waals surface area contributed by atoms with Crippen molar-refractivity contribution in [2.24, 2.45) is 0 Å². The summed E-state index contributed by atoms with van der Waals surface area (Å²) in [4.78, 5) is 31.2. The minimum absolute atomic E-state index is 0.0616. The largest absolute Gasteiger partial charge is 0.353 e. The van der Waals surface area contributed by atoms with Crippen molar-refractivity contribution in [3.05, 3.63) is 53.5 Å². The number of benzene rings is 1. The summed E-state index contributed by atoms with van der Waals surface area (Å²) in [5.74, 6) is -0.548. The van der Waals surface area contributed by atoms with Crippen LogP contribution in [0.1, 0.15) is 17.7 Å². The Morgan fingerprint density at radius 1 is 1.31 bits per heavy atom. The van der Waals surface area contributed by atoms with Gasteiger partial charge in [0.1, 0.15) is 5.82 Å². The highest BCUT2D eigenvalue weighted by molar-refractivity contribution is 6.00. The van der Waals surface area contributed by atoms with E-state index in [1.807, 2.05) is 24.0 Å². The van der Waals surface area contributed by atoms with E-state index in [4.69, 9.17) is 0 Å². The number of nitrogens with one attached hydrogen (secondary N) is 3. The van der Waals surface area contributed by atoms with Gasteiger partial charge in [0, 0.05) is 30.9 Å². The van der Waals surface area contributed by atoms with Crippen LogP contribution in [0.4, 0.5) is 10.2 Å². The second-order valence-electron chi connectivity index (χ2n) is 7.04. The van der Waals surface area contributed by atoms with Gasteiger partial charge in [0.05, 0.1) is 17.8 Å². The van der Waals surface area contributed by atoms with Gasteiger partial charge in [0.25, 0.3) is 0 Å². The third kappa shape index (κ3) is 4.09. The molecule has 2 aromatic heterocycles. The molecule has 0 saturated carbocycles. The van der Waals surface area contributed by atoms with Crippen LogP contribution in [-0.2, 0) is 16.1 Å². The number of nitrogens with zero attached hydrogens (tertiary/aromatic N) is 3. The van der Waals surface area contributed by atoms with Crippen molar-refractivity contribution < 1.29 is 14.0 Å². The second kappa shape index (κ2) is 7.96. The first kappa shape index (κ1) is 19.0. The Morgan fingerprint density at radius 3 is 2.97 bits per heavy atom. The van der Waals surface area contributed by atoms with Gasteiger partial charge in [0.15, 0.2) is 11.5 Å². The van der Waals surface area contributed by atoms with Crippen LogP contribution in [-0.4, -0.2) is 51.0 Å². The third-order valence-corrected chi connectivity index (χ3v) is 4.97. The Bertz CT molecular complexity index is 1070. The molecule has 0 aliphatic carbocycles. The average Bonchev–Trinajstić information content (AvgIpc) is 3.08. The molecular formula is C20H21FN6O2. The molecule has 1 fully saturated rings. The first-order chi connectivity index (χ1) is 14.0. The van der Waals surface area contributed by atoms with Crippen LogP contribution in [0.3, 0.4) is 0 Å². The lowest BCUT2D eigenvalue weighted by Gasteiger charge is -2.34. The summed E-state index contributed by atoms with van der Waals surface area (Å²) in [5, 5.41) is 13.1. The predicted octanol–water partition coefficient (Wildman–Crippen LogP) is 1.73. The summed E-state index contributed by atoms with van der Waals surface area (Å²) in [5.41, 5.74) is 1.91. The van der Waals surface area contributed by atoms with E-state index in [0.717, 1.165) is 5.69 Å². The lowest BCUT2D eigenvalue weighted by molar-refractivity contribution is -0.132. The molecule has 150 valence electrons. The maximum atomic E-state index is 14.0. The summed E-state index contributed by atoms with van der Waals surface area (Å²) >= 11 is 0. The van der Waals surface area contributed by atoms with E-state index in [1.54, 1.807) is 18.2 Å². The van der Waals surface area contributed by atoms with E-state index in [-0.39, 0.29) is 30.6 Å². The minimum Gasteiger partial charge on any atom is -0.353 e. The number of amides is 2. The molecule has 29 heavy (non-hydrogen) atoms. The molecule has 0 bridgehead atoms. The number of rotatable bonds is 5. The molecule has 3 N–H and O–H groups in total. The highest BCUT2D eigenvalue weighted by Crippen LogP contribution is 2.20. The van der Waals surface area contributed by atoms with Gasteiger partial charge in [0.2, 0.25) is 11.8 Å². The molecule has 1 aromatic carbocycles. The van der Waals surface area contributed by atoms with Gasteiger partial charge < -0.3 is 10.6 Å². The van der Waals surface area contributed by atoms with E-state index in [0.29, 0.717) is 35.5 Å². The van der Waals surface area contributed by atoms with Crippen LogP contribution < -0.4 is 10.6 Å². The zero-order valence-corrected chi connectivity index (χ0v) is 15.9. The van der Waals surface area contributed by atoms with E-state index in [1.165, 1.54) is 6.07 Å². The van der Waals surface area contributed by atoms with Crippen LogP contribution in [0.25, 0.3) is 11.0 Å². The summed E-state index contributed by atoms with van der Waals surface area (Å²) in [6.07, 6.45) is -0.0616. The highest BCUT2D eigenvalue weighted by atomic mass is 19.1. The van der Waals surface area contributed by atoms with Crippen LogP contribution in [0.5, 0.6) is 0 Å². The lowest BCUT2D eigenvalue weighted by atomic mass is 10.1. The van der Waals surface area contributed by atoms with Gasteiger partial charge >= 0.3 is 0 Å². The highest BCUT2D eigenvalue weighted by Gasteiger charge is 2.32. The number of fused-ring (bicyclic) bond motifs is 1. The summed E-state index contributed by atoms with van der Waals surface area (Å²) in [6, 6.07) is 9.42. The van der Waals surface area contributed by atoms with Gasteiger partial charge in [-0.1, -0.05) is 18.2 Å². The van der Waals surface area contributed by atoms with E-state index in [9.17, 15) is 14.0 Å². The number of aromatic amines is 1. The first-order valence-corrected chi connectivity index (χ1v) is 9.38. The molecule has 2 amide bonds. The number of aryl methyl sites for hydroxylation is 1. The number of halogens is 1. The molecule has 3 aromatic rings. The predicted molar refractivity (Wildman–Crippen MR) is 105 cm³/mol. The van der Waals surface area contributed by atoms with Crippen molar-refractivity contribution in [1.29, 1.82) is 0 Å². The maximum absolute atomic E-state index is 14.0. The summed E-state index contributed by atoms with van der Waals surface area (Å²) in [7, 11) is 0. The van der Waals surface area contributed by atoms with E-state index < -0.39 is 6.04 Å². The Labute approximate surface area is 166 Å². The molecule has 1 aliphatic rings. The zero-order valence-electron chi connectivity index (χ0n) is 15.9. The maximum Gasteiger partial charge on any atom is 0.237 e. The molecule has 0 unspecified atom stereocenters. The SMILES string of the molecule is Cc1ccc2c(NC(=O)C[C@@H]3C(=O)NCCN3Cc3ccccc3F)n[nH]c2n1. The second-order valence-corrected chi connectivity index (χ2v) is 7.04. The zero-order chi connectivity index (χ0) is 20.4. The number of pyridine rings is 1. The number of carbonyl (C=O) groups excluding carboxylic acids is 2. The molecule has 9 heteroatoms. The third-order valence-electron chi connectivity index (χ3n) is 4.97. The number of aromatic nitrogens is 3. The Kier molecular flexibility index (Phi) is 5.22. The quantitative estimate of drug-likeness (QED) is 0.610. The number of H-pyrrole nitrogens is 1. The number of carbonyl (C=O) groups is 2. The molecule has 1 atom stereocenters. The standard InChI is InChI=1S/C20H21FN6O2/c1-12-6-7-14-18(23-12)25-26-19(14)24-17(28)10-16-20(29)22-8-9-27(16)11-13-4-2-3-5-15(13)21/h2-7,16H,8-11H2,1H3,(H,22,29)(H2,23,24,25,26,28)/t16-/m1/s1. The van der Waals surface area contributed by atoms with Crippen LogP contribution >= 0.6 is 0 Å². The summed E-state index contributed by atoms with van der Waals surface area (Å²) < 4.78 is 14.0. The van der Waals surface area contributed by atoms with Crippen molar-refractivity contribution in [2.75, 3.05) is 18.4 Å². The lowest BCUT2D eigenvalue weighted by Crippen LogP contribution is -2.55. The normalized spacial score (nSPS) is 17.3. The van der Waals surface area contributed by atoms with Crippen molar-refractivity contribution in [2.45, 2.75) is 25.9 Å². The molecular weight excluding hydrogens is 375 g/mol. The number of piperazine rings is 1. The van der Waals surface area contributed by atoms with Gasteiger partial charge in [-0.25, -0.2) is 9.37 Å². The number of anilines is 1. The summed E-state index contributed by atoms with van der Waals surface area (Å²) in [6.45, 7) is 3.12. The van der Waals surface area contributed by atoms with Gasteiger partial charge in [-0.05, 0) is 25.1 Å². The minimum atomic E-state index is -0.686. The van der Waals surface area contributed by atoms with E-state index >= 15 is 0 Å². The van der Waals surface area contributed by atoms with Gasteiger partial charge in [-0.3, -0.25) is 19.6 Å². The average molecular weight is 396 g/mol. The van der Waals surface area contributed by atoms with Gasteiger partial charge in [-0.15, -0.1) is 0 Å². The molecule has 3 heterocycles. The van der Waals surface area contributed by atoms with Crippen molar-refractivity contribution in [1.82, 2.24) is 25.4 Å². The van der Waals surface area contributed by atoms with Crippen molar-refractivity contribution in [3.8, 4) is 0 Å². The van der Waals surface area contributed by atoms with Crippen molar-refractivity contribution in [3.63, 3.8) is 0 Å². The van der Waals surface area contributed by atoms with Crippen LogP contribution in [0, 0.1) is 12.7 Å². The smallest absolute Gasteiger partial charge is 0.237 e. The number of hydrogen-bond acceptors (Lipinski definition) is 5. The fourth-order valence-corrected chi connectivity index (χ4v) is 3.47. The molecule has 0 radical (unpaired) electrons. The Hall–Kier alpha value is -3.33. The fraction of sp³-hybridized carbons (Fsp3) is 0.300. The fourth-order valence-electron chi connectivity index (χ4n) is 3.47. The Morgan fingerprint density at radius 2 is 2.14 bits per heavy atom. The monoisotopic (exact) mass is 396 g/mol. The molecule has 0 spiro atoms. The molecule has 8 nitrogen and oxygen atoms in total. The molecule has 1 saturated heterocycles. The van der Waals surface area contributed by atoms with Crippen LogP contribution in [0.15, 0.2) is 36.4 Å². The topological polar surface area (TPSA) is 103 Å². The molecule has 4 rings (SSSR count). The molecule has 1 aliphatic heterocycles. The van der Waals surface area contributed by atoms with E-state index in [2.05, 4.69) is 25.8 Å².